The number of hydrogen-bond acceptors (Lipinski definition) is 4. The molecule has 0 aliphatic rings. The summed E-state index contributed by atoms with van der Waals surface area (Å²) >= 11 is 1.30. The molecule has 6 nitrogen and oxygen atoms in total. The van der Waals surface area contributed by atoms with E-state index >= 15 is 0 Å². The van der Waals surface area contributed by atoms with Crippen LogP contribution in [0.1, 0.15) is 34.6 Å². The van der Waals surface area contributed by atoms with Gasteiger partial charge in [0.15, 0.2) is 0 Å². The number of carbonyl (C=O) groups excluding carboxylic acids is 1. The van der Waals surface area contributed by atoms with Crippen molar-refractivity contribution in [1.29, 1.82) is 0 Å². The Hall–Kier alpha value is -1.60. The Bertz CT molecular complexity index is 485. The van der Waals surface area contributed by atoms with Crippen molar-refractivity contribution >= 4 is 28.3 Å². The summed E-state index contributed by atoms with van der Waals surface area (Å²) < 4.78 is 5.10. The lowest BCUT2D eigenvalue weighted by atomic mass is 10.1. The fourth-order valence-electron chi connectivity index (χ4n) is 1.77. The van der Waals surface area contributed by atoms with Gasteiger partial charge < -0.3 is 15.2 Å². The van der Waals surface area contributed by atoms with Gasteiger partial charge in [0, 0.05) is 18.0 Å². The molecule has 7 heteroatoms. The van der Waals surface area contributed by atoms with Gasteiger partial charge in [-0.25, -0.2) is 9.59 Å². The third-order valence-corrected chi connectivity index (χ3v) is 4.10. The monoisotopic (exact) mass is 300 g/mol. The molecule has 1 rings (SSSR count). The summed E-state index contributed by atoms with van der Waals surface area (Å²) in [5.41, 5.74) is 0.890. The number of ether oxygens (including phenoxy) is 1. The maximum Gasteiger partial charge on any atom is 0.338 e. The Morgan fingerprint density at radius 1 is 1.35 bits per heavy atom. The van der Waals surface area contributed by atoms with Crippen molar-refractivity contribution < 1.29 is 19.4 Å². The number of hydrogen-bond donors (Lipinski definition) is 3. The van der Waals surface area contributed by atoms with Gasteiger partial charge in [-0.1, -0.05) is 6.92 Å². The molecule has 20 heavy (non-hydrogen) atoms. The molecule has 3 N–H and O–H groups in total. The van der Waals surface area contributed by atoms with Crippen LogP contribution in [0.2, 0.25) is 0 Å². The summed E-state index contributed by atoms with van der Waals surface area (Å²) in [7, 11) is 0. The van der Waals surface area contributed by atoms with Crippen LogP contribution >= 0.6 is 11.3 Å². The summed E-state index contributed by atoms with van der Waals surface area (Å²) in [6.07, 6.45) is 0.740. The van der Waals surface area contributed by atoms with E-state index in [2.05, 4.69) is 10.6 Å². The SMILES string of the molecule is CCOCCNC(=O)Nc1sc(CC)c(C)c1C(=O)O. The highest BCUT2D eigenvalue weighted by atomic mass is 32.1. The van der Waals surface area contributed by atoms with Gasteiger partial charge in [0.25, 0.3) is 0 Å². The first-order valence-corrected chi connectivity index (χ1v) is 7.31. The van der Waals surface area contributed by atoms with Crippen molar-refractivity contribution in [2.75, 3.05) is 25.1 Å². The van der Waals surface area contributed by atoms with Crippen LogP contribution in [0, 0.1) is 6.92 Å². The number of thiophene rings is 1. The summed E-state index contributed by atoms with van der Waals surface area (Å²) in [5, 5.41) is 14.8. The number of urea groups is 1. The van der Waals surface area contributed by atoms with E-state index in [4.69, 9.17) is 4.74 Å². The minimum absolute atomic E-state index is 0.173. The number of carboxylic acid groups (broad SMARTS) is 1. The van der Waals surface area contributed by atoms with Gasteiger partial charge in [-0.3, -0.25) is 5.32 Å². The number of amides is 2. The highest BCUT2D eigenvalue weighted by Gasteiger charge is 2.21. The maximum absolute atomic E-state index is 11.7. The van der Waals surface area contributed by atoms with Gasteiger partial charge in [0.1, 0.15) is 5.00 Å². The second kappa shape index (κ2) is 7.86. The molecule has 0 bridgehead atoms. The summed E-state index contributed by atoms with van der Waals surface area (Å²) in [4.78, 5) is 23.9. The van der Waals surface area contributed by atoms with Gasteiger partial charge in [0.05, 0.1) is 12.2 Å². The molecule has 0 aliphatic heterocycles. The van der Waals surface area contributed by atoms with Crippen molar-refractivity contribution in [3.05, 3.63) is 16.0 Å². The molecule has 0 atom stereocenters. The predicted octanol–water partition coefficient (Wildman–Crippen LogP) is 2.48. The fraction of sp³-hybridized carbons (Fsp3) is 0.538. The average molecular weight is 300 g/mol. The molecular weight excluding hydrogens is 280 g/mol. The molecule has 1 heterocycles. The first-order valence-electron chi connectivity index (χ1n) is 6.49. The zero-order valence-electron chi connectivity index (χ0n) is 11.9. The average Bonchev–Trinajstić information content (AvgIpc) is 2.70. The first-order chi connectivity index (χ1) is 9.51. The van der Waals surface area contributed by atoms with Crippen LogP contribution in [0.5, 0.6) is 0 Å². The molecule has 0 unspecified atom stereocenters. The molecule has 1 aromatic rings. The van der Waals surface area contributed by atoms with Crippen LogP contribution in [0.25, 0.3) is 0 Å². The Balaban J connectivity index is 2.71. The van der Waals surface area contributed by atoms with E-state index in [1.54, 1.807) is 6.92 Å². The smallest absolute Gasteiger partial charge is 0.338 e. The van der Waals surface area contributed by atoms with Crippen LogP contribution in [0.15, 0.2) is 0 Å². The molecule has 0 aromatic carbocycles. The zero-order chi connectivity index (χ0) is 15.1. The third-order valence-electron chi connectivity index (χ3n) is 2.74. The molecule has 1 aromatic heterocycles. The number of anilines is 1. The Kier molecular flexibility index (Phi) is 6.47. The van der Waals surface area contributed by atoms with Crippen molar-refractivity contribution in [1.82, 2.24) is 5.32 Å². The third kappa shape index (κ3) is 4.21. The minimum atomic E-state index is -1.02. The number of rotatable bonds is 7. The van der Waals surface area contributed by atoms with Crippen LogP contribution in [0.4, 0.5) is 9.80 Å². The van der Waals surface area contributed by atoms with Crippen molar-refractivity contribution in [2.24, 2.45) is 0 Å². The lowest BCUT2D eigenvalue weighted by Crippen LogP contribution is -2.31. The molecule has 0 saturated heterocycles. The summed E-state index contributed by atoms with van der Waals surface area (Å²) in [6, 6.07) is -0.420. The summed E-state index contributed by atoms with van der Waals surface area (Å²) in [5.74, 6) is -1.02. The van der Waals surface area contributed by atoms with Gasteiger partial charge in [-0.15, -0.1) is 11.3 Å². The largest absolute Gasteiger partial charge is 0.478 e. The van der Waals surface area contributed by atoms with E-state index in [1.165, 1.54) is 11.3 Å². The Morgan fingerprint density at radius 3 is 2.60 bits per heavy atom. The minimum Gasteiger partial charge on any atom is -0.478 e. The van der Waals surface area contributed by atoms with Gasteiger partial charge in [-0.05, 0) is 25.8 Å². The predicted molar refractivity (Wildman–Crippen MR) is 78.9 cm³/mol. The molecule has 2 amide bonds. The van der Waals surface area contributed by atoms with Crippen LogP contribution in [-0.4, -0.2) is 36.9 Å². The van der Waals surface area contributed by atoms with E-state index in [9.17, 15) is 14.7 Å². The standard InChI is InChI=1S/C13H20N2O4S/c1-4-9-8(3)10(12(16)17)11(20-9)15-13(18)14-6-7-19-5-2/h4-7H2,1-3H3,(H,16,17)(H2,14,15,18). The highest BCUT2D eigenvalue weighted by Crippen LogP contribution is 2.33. The number of nitrogens with one attached hydrogen (secondary N) is 2. The Morgan fingerprint density at radius 2 is 2.05 bits per heavy atom. The lowest BCUT2D eigenvalue weighted by Gasteiger charge is -2.07. The van der Waals surface area contributed by atoms with Crippen LogP contribution in [-0.2, 0) is 11.2 Å². The van der Waals surface area contributed by atoms with Gasteiger partial charge >= 0.3 is 12.0 Å². The van der Waals surface area contributed by atoms with Crippen LogP contribution in [0.3, 0.4) is 0 Å². The molecule has 0 saturated carbocycles. The first kappa shape index (κ1) is 16.5. The second-order valence-corrected chi connectivity index (χ2v) is 5.20. The van der Waals surface area contributed by atoms with E-state index < -0.39 is 12.0 Å². The lowest BCUT2D eigenvalue weighted by molar-refractivity contribution is 0.0697. The second-order valence-electron chi connectivity index (χ2n) is 4.09. The van der Waals surface area contributed by atoms with Crippen molar-refractivity contribution in [3.63, 3.8) is 0 Å². The fourth-order valence-corrected chi connectivity index (χ4v) is 2.90. The zero-order valence-corrected chi connectivity index (χ0v) is 12.7. The Labute approximate surface area is 122 Å². The molecule has 0 spiro atoms. The van der Waals surface area contributed by atoms with Crippen molar-refractivity contribution in [2.45, 2.75) is 27.2 Å². The maximum atomic E-state index is 11.7. The quantitative estimate of drug-likeness (QED) is 0.675. The molecule has 0 fully saturated rings. The number of carbonyl (C=O) groups is 2. The molecule has 112 valence electrons. The summed E-state index contributed by atoms with van der Waals surface area (Å²) in [6.45, 7) is 7.00. The molecular formula is C13H20N2O4S. The van der Waals surface area contributed by atoms with E-state index in [1.807, 2.05) is 13.8 Å². The normalized spacial score (nSPS) is 10.3. The molecule has 0 radical (unpaired) electrons. The van der Waals surface area contributed by atoms with E-state index in [-0.39, 0.29) is 5.56 Å². The number of aromatic carboxylic acids is 1. The number of aryl methyl sites for hydroxylation is 1. The van der Waals surface area contributed by atoms with Gasteiger partial charge in [0.2, 0.25) is 0 Å². The highest BCUT2D eigenvalue weighted by molar-refractivity contribution is 7.16. The number of carboxylic acids is 1. The van der Waals surface area contributed by atoms with E-state index in [0.717, 1.165) is 16.9 Å². The van der Waals surface area contributed by atoms with E-state index in [0.29, 0.717) is 24.8 Å². The van der Waals surface area contributed by atoms with Crippen LogP contribution < -0.4 is 10.6 Å². The topological polar surface area (TPSA) is 87.7 Å². The molecule has 0 aliphatic carbocycles. The van der Waals surface area contributed by atoms with Gasteiger partial charge in [-0.2, -0.15) is 0 Å². The van der Waals surface area contributed by atoms with Crippen molar-refractivity contribution in [3.8, 4) is 0 Å².